The third kappa shape index (κ3) is 6.64. The molecule has 1 unspecified atom stereocenters. The van der Waals surface area contributed by atoms with Crippen LogP contribution in [0.2, 0.25) is 0 Å². The molecule has 12 heteroatoms. The first-order valence-electron chi connectivity index (χ1n) is 12.0. The second-order valence-corrected chi connectivity index (χ2v) is 8.88. The second kappa shape index (κ2) is 11.6. The van der Waals surface area contributed by atoms with Crippen molar-refractivity contribution in [2.75, 3.05) is 25.0 Å². The van der Waals surface area contributed by atoms with Gasteiger partial charge in [0.05, 0.1) is 11.6 Å². The molecule has 1 aromatic heterocycles. The number of halogens is 3. The molecule has 1 fully saturated rings. The van der Waals surface area contributed by atoms with Gasteiger partial charge in [-0.2, -0.15) is 13.2 Å². The fourth-order valence-electron chi connectivity index (χ4n) is 4.07. The summed E-state index contributed by atoms with van der Waals surface area (Å²) in [7, 11) is 0. The number of hydrogen-bond acceptors (Lipinski definition) is 8. The molecule has 3 aromatic rings. The summed E-state index contributed by atoms with van der Waals surface area (Å²) in [6, 6.07) is 10.6. The first-order valence-corrected chi connectivity index (χ1v) is 12.0. The first kappa shape index (κ1) is 27.0. The zero-order valence-corrected chi connectivity index (χ0v) is 20.4. The van der Waals surface area contributed by atoms with Crippen LogP contribution in [0.3, 0.4) is 0 Å². The highest BCUT2D eigenvalue weighted by Gasteiger charge is 2.31. The summed E-state index contributed by atoms with van der Waals surface area (Å²) in [5, 5.41) is 2.82. The van der Waals surface area contributed by atoms with Crippen LogP contribution < -0.4 is 21.5 Å². The molecule has 1 amide bonds. The summed E-state index contributed by atoms with van der Waals surface area (Å²) in [6.07, 6.45) is -1.82. The minimum atomic E-state index is -4.46. The van der Waals surface area contributed by atoms with Crippen LogP contribution in [0.4, 0.5) is 19.0 Å². The van der Waals surface area contributed by atoms with E-state index >= 15 is 0 Å². The molecule has 4 rings (SSSR count). The van der Waals surface area contributed by atoms with E-state index in [0.29, 0.717) is 35.5 Å². The van der Waals surface area contributed by atoms with Crippen LogP contribution in [0.5, 0.6) is 11.5 Å². The number of benzene rings is 2. The number of aromatic nitrogens is 2. The van der Waals surface area contributed by atoms with Crippen LogP contribution in [-0.4, -0.2) is 52.7 Å². The van der Waals surface area contributed by atoms with Gasteiger partial charge in [-0.25, -0.2) is 9.97 Å². The molecule has 1 aliphatic rings. The number of nitrogens with one attached hydrogen (secondary N) is 1. The van der Waals surface area contributed by atoms with Crippen LogP contribution in [0.25, 0.3) is 11.4 Å². The molecule has 1 atom stereocenters. The number of hydrogen-bond donors (Lipinski definition) is 3. The maximum atomic E-state index is 13.3. The number of carbonyl (C=O) groups is 2. The summed E-state index contributed by atoms with van der Waals surface area (Å²) < 4.78 is 46.0. The Morgan fingerprint density at radius 3 is 2.42 bits per heavy atom. The number of likely N-dealkylation sites (tertiary alicyclic amines) is 1. The standard InChI is InChI=1S/C26H27F3N6O3/c27-26(28,29)18-5-8-22(17(11-18)14-35-9-1-2-10-35)38-20-6-3-16(4-7-20)25-33-21(24(31)37)12-23(34-25)32-19(13-30)15-36/h3-8,11-12,15,19H,1-2,9-10,13-14,30H2,(H2,31,37)(H,32,33,34). The fourth-order valence-corrected chi connectivity index (χ4v) is 4.07. The van der Waals surface area contributed by atoms with Crippen LogP contribution in [0.15, 0.2) is 48.5 Å². The number of nitrogens with two attached hydrogens (primary N) is 2. The molecule has 0 aliphatic carbocycles. The molecule has 0 spiro atoms. The second-order valence-electron chi connectivity index (χ2n) is 8.88. The zero-order valence-electron chi connectivity index (χ0n) is 20.4. The maximum Gasteiger partial charge on any atom is 0.416 e. The lowest BCUT2D eigenvalue weighted by molar-refractivity contribution is -0.137. The number of primary amides is 1. The van der Waals surface area contributed by atoms with E-state index in [1.165, 1.54) is 12.1 Å². The summed E-state index contributed by atoms with van der Waals surface area (Å²) in [5.41, 5.74) is 11.1. The molecule has 2 heterocycles. The van der Waals surface area contributed by atoms with E-state index in [9.17, 15) is 22.8 Å². The van der Waals surface area contributed by atoms with Crippen molar-refractivity contribution in [2.24, 2.45) is 11.5 Å². The quantitative estimate of drug-likeness (QED) is 0.340. The van der Waals surface area contributed by atoms with Gasteiger partial charge in [-0.3, -0.25) is 9.69 Å². The lowest BCUT2D eigenvalue weighted by Crippen LogP contribution is -2.30. The smallest absolute Gasteiger partial charge is 0.416 e. The average molecular weight is 529 g/mol. The van der Waals surface area contributed by atoms with Gasteiger partial charge in [0, 0.05) is 30.3 Å². The number of nitrogens with zero attached hydrogens (tertiary/aromatic N) is 3. The number of rotatable bonds is 10. The first-order chi connectivity index (χ1) is 18.2. The van der Waals surface area contributed by atoms with E-state index in [1.54, 1.807) is 24.3 Å². The number of anilines is 1. The molecular weight excluding hydrogens is 501 g/mol. The highest BCUT2D eigenvalue weighted by atomic mass is 19.4. The Morgan fingerprint density at radius 1 is 1.11 bits per heavy atom. The molecule has 1 aliphatic heterocycles. The minimum Gasteiger partial charge on any atom is -0.457 e. The van der Waals surface area contributed by atoms with Gasteiger partial charge in [0.15, 0.2) is 5.82 Å². The molecular formula is C26H27F3N6O3. The Balaban J connectivity index is 1.59. The van der Waals surface area contributed by atoms with Gasteiger partial charge in [-0.1, -0.05) is 0 Å². The Labute approximate surface area is 217 Å². The number of aldehydes is 1. The summed E-state index contributed by atoms with van der Waals surface area (Å²) in [4.78, 5) is 33.5. The number of ether oxygens (including phenoxy) is 1. The van der Waals surface area contributed by atoms with Crippen molar-refractivity contribution in [1.82, 2.24) is 14.9 Å². The van der Waals surface area contributed by atoms with Gasteiger partial charge < -0.3 is 26.3 Å². The number of alkyl halides is 3. The monoisotopic (exact) mass is 528 g/mol. The Morgan fingerprint density at radius 2 is 1.82 bits per heavy atom. The summed E-state index contributed by atoms with van der Waals surface area (Å²) in [5.74, 6) is 0.312. The molecule has 2 aromatic carbocycles. The van der Waals surface area contributed by atoms with Crippen molar-refractivity contribution in [3.63, 3.8) is 0 Å². The molecule has 0 radical (unpaired) electrons. The highest BCUT2D eigenvalue weighted by Crippen LogP contribution is 2.35. The molecule has 200 valence electrons. The largest absolute Gasteiger partial charge is 0.457 e. The van der Waals surface area contributed by atoms with Crippen LogP contribution in [0.1, 0.15) is 34.5 Å². The average Bonchev–Trinajstić information content (AvgIpc) is 3.41. The van der Waals surface area contributed by atoms with E-state index in [-0.39, 0.29) is 23.9 Å². The van der Waals surface area contributed by atoms with E-state index in [0.717, 1.165) is 38.1 Å². The fraction of sp³-hybridized carbons (Fsp3) is 0.308. The molecule has 0 bridgehead atoms. The van der Waals surface area contributed by atoms with Crippen LogP contribution in [-0.2, 0) is 17.5 Å². The zero-order chi connectivity index (χ0) is 27.3. The normalized spacial score (nSPS) is 14.7. The van der Waals surface area contributed by atoms with Crippen molar-refractivity contribution in [3.05, 3.63) is 65.4 Å². The lowest BCUT2D eigenvalue weighted by Gasteiger charge is -2.19. The molecule has 9 nitrogen and oxygen atoms in total. The summed E-state index contributed by atoms with van der Waals surface area (Å²) >= 11 is 0. The van der Waals surface area contributed by atoms with Gasteiger partial charge in [-0.05, 0) is 68.4 Å². The minimum absolute atomic E-state index is 0.0183. The third-order valence-corrected chi connectivity index (χ3v) is 6.05. The van der Waals surface area contributed by atoms with Gasteiger partial charge >= 0.3 is 6.18 Å². The van der Waals surface area contributed by atoms with E-state index < -0.39 is 23.7 Å². The van der Waals surface area contributed by atoms with Gasteiger partial charge in [0.1, 0.15) is 29.3 Å². The van der Waals surface area contributed by atoms with Crippen LogP contribution >= 0.6 is 0 Å². The highest BCUT2D eigenvalue weighted by molar-refractivity contribution is 5.92. The van der Waals surface area contributed by atoms with Crippen molar-refractivity contribution < 1.29 is 27.5 Å². The van der Waals surface area contributed by atoms with E-state index in [1.807, 2.05) is 0 Å². The Hall–Kier alpha value is -4.03. The van der Waals surface area contributed by atoms with Gasteiger partial charge in [0.25, 0.3) is 5.91 Å². The lowest BCUT2D eigenvalue weighted by atomic mass is 10.1. The topological polar surface area (TPSA) is 136 Å². The predicted octanol–water partition coefficient (Wildman–Crippen LogP) is 3.59. The Bertz CT molecular complexity index is 1290. The predicted molar refractivity (Wildman–Crippen MR) is 135 cm³/mol. The van der Waals surface area contributed by atoms with Gasteiger partial charge in [0.2, 0.25) is 0 Å². The number of carbonyl (C=O) groups excluding carboxylic acids is 2. The van der Waals surface area contributed by atoms with Crippen molar-refractivity contribution in [1.29, 1.82) is 0 Å². The van der Waals surface area contributed by atoms with Crippen molar-refractivity contribution in [3.8, 4) is 22.9 Å². The molecule has 0 saturated carbocycles. The Kier molecular flexibility index (Phi) is 8.23. The maximum absolute atomic E-state index is 13.3. The molecule has 38 heavy (non-hydrogen) atoms. The van der Waals surface area contributed by atoms with Crippen molar-refractivity contribution >= 4 is 18.0 Å². The van der Waals surface area contributed by atoms with E-state index in [4.69, 9.17) is 16.2 Å². The van der Waals surface area contributed by atoms with Gasteiger partial charge in [-0.15, -0.1) is 0 Å². The molecule has 1 saturated heterocycles. The molecule has 5 N–H and O–H groups in total. The third-order valence-electron chi connectivity index (χ3n) is 6.05. The SMILES string of the molecule is NCC(C=O)Nc1cc(C(N)=O)nc(-c2ccc(Oc3ccc(C(F)(F)F)cc3CN3CCCC3)cc2)n1. The summed E-state index contributed by atoms with van der Waals surface area (Å²) in [6.45, 7) is 2.02. The van der Waals surface area contributed by atoms with Crippen molar-refractivity contribution in [2.45, 2.75) is 31.6 Å². The number of amides is 1. The van der Waals surface area contributed by atoms with Crippen LogP contribution in [0, 0.1) is 0 Å². The van der Waals surface area contributed by atoms with E-state index in [2.05, 4.69) is 20.2 Å².